The second-order valence-corrected chi connectivity index (χ2v) is 5.63. The first-order valence-corrected chi connectivity index (χ1v) is 5.73. The lowest BCUT2D eigenvalue weighted by atomic mass is 9.67. The molecule has 2 nitrogen and oxygen atoms in total. The minimum absolute atomic E-state index is 0.358. The van der Waals surface area contributed by atoms with Gasteiger partial charge in [-0.25, -0.2) is 0 Å². The predicted molar refractivity (Wildman–Crippen MR) is 55.0 cm³/mol. The molecule has 2 heteroatoms. The van der Waals surface area contributed by atoms with Crippen LogP contribution < -0.4 is 0 Å². The van der Waals surface area contributed by atoms with E-state index in [4.69, 9.17) is 5.11 Å². The van der Waals surface area contributed by atoms with Crippen molar-refractivity contribution in [3.05, 3.63) is 0 Å². The maximum atomic E-state index is 10.6. The van der Waals surface area contributed by atoms with Gasteiger partial charge >= 0.3 is 5.97 Å². The molecule has 2 saturated carbocycles. The van der Waals surface area contributed by atoms with Gasteiger partial charge in [-0.05, 0) is 48.9 Å². The Morgan fingerprint density at radius 1 is 1.43 bits per heavy atom. The fraction of sp³-hybridized carbons (Fsp3) is 0.917. The van der Waals surface area contributed by atoms with Crippen LogP contribution in [0, 0.1) is 23.2 Å². The highest BCUT2D eigenvalue weighted by Gasteiger charge is 2.51. The number of rotatable bonds is 3. The van der Waals surface area contributed by atoms with Crippen molar-refractivity contribution >= 4 is 5.97 Å². The number of carbonyl (C=O) groups is 1. The molecule has 0 aromatic heterocycles. The molecule has 2 bridgehead atoms. The maximum absolute atomic E-state index is 10.6. The number of aliphatic carboxylic acids is 1. The summed E-state index contributed by atoms with van der Waals surface area (Å²) in [5.74, 6) is 1.72. The van der Waals surface area contributed by atoms with Gasteiger partial charge in [0, 0.05) is 6.42 Å². The summed E-state index contributed by atoms with van der Waals surface area (Å²) in [6.07, 6.45) is 5.33. The third-order valence-electron chi connectivity index (χ3n) is 4.72. The summed E-state index contributed by atoms with van der Waals surface area (Å²) in [4.78, 5) is 10.6. The van der Waals surface area contributed by atoms with Gasteiger partial charge in [0.1, 0.15) is 0 Å². The number of carboxylic acids is 1. The number of hydrogen-bond donors (Lipinski definition) is 1. The second kappa shape index (κ2) is 3.25. The summed E-state index contributed by atoms with van der Waals surface area (Å²) in [6.45, 7) is 4.67. The van der Waals surface area contributed by atoms with Gasteiger partial charge < -0.3 is 5.11 Å². The molecule has 80 valence electrons. The zero-order valence-electron chi connectivity index (χ0n) is 9.12. The van der Waals surface area contributed by atoms with Crippen molar-refractivity contribution in [2.24, 2.45) is 23.2 Å². The van der Waals surface area contributed by atoms with Crippen molar-refractivity contribution in [1.82, 2.24) is 0 Å². The smallest absolute Gasteiger partial charge is 0.303 e. The topological polar surface area (TPSA) is 37.3 Å². The van der Waals surface area contributed by atoms with Crippen LogP contribution in [-0.2, 0) is 4.79 Å². The summed E-state index contributed by atoms with van der Waals surface area (Å²) in [7, 11) is 0. The average Bonchev–Trinajstić information content (AvgIpc) is 2.59. The third-order valence-corrected chi connectivity index (χ3v) is 4.72. The average molecular weight is 196 g/mol. The van der Waals surface area contributed by atoms with Crippen molar-refractivity contribution in [3.8, 4) is 0 Å². The fourth-order valence-corrected chi connectivity index (χ4v) is 3.85. The summed E-state index contributed by atoms with van der Waals surface area (Å²) in [6, 6.07) is 0. The molecule has 0 aromatic rings. The van der Waals surface area contributed by atoms with Crippen LogP contribution in [0.3, 0.4) is 0 Å². The van der Waals surface area contributed by atoms with E-state index in [0.717, 1.165) is 18.3 Å². The van der Waals surface area contributed by atoms with Crippen LogP contribution in [0.25, 0.3) is 0 Å². The molecule has 0 amide bonds. The summed E-state index contributed by atoms with van der Waals surface area (Å²) in [5.41, 5.74) is 0.401. The summed E-state index contributed by atoms with van der Waals surface area (Å²) >= 11 is 0. The first-order valence-electron chi connectivity index (χ1n) is 5.73. The fourth-order valence-electron chi connectivity index (χ4n) is 3.85. The number of fused-ring (bicyclic) bond motifs is 2. The molecule has 14 heavy (non-hydrogen) atoms. The van der Waals surface area contributed by atoms with Crippen molar-refractivity contribution in [2.75, 3.05) is 0 Å². The van der Waals surface area contributed by atoms with Crippen LogP contribution in [-0.4, -0.2) is 11.1 Å². The van der Waals surface area contributed by atoms with E-state index < -0.39 is 5.97 Å². The molecule has 0 radical (unpaired) electrons. The van der Waals surface area contributed by atoms with E-state index in [9.17, 15) is 4.79 Å². The van der Waals surface area contributed by atoms with Crippen LogP contribution >= 0.6 is 0 Å². The molecule has 1 N–H and O–H groups in total. The SMILES string of the molecule is CC1(C)C(CCC(=O)O)[C@@H]2CC[C@H]1C2. The van der Waals surface area contributed by atoms with Crippen molar-refractivity contribution in [2.45, 2.75) is 46.0 Å². The van der Waals surface area contributed by atoms with Crippen molar-refractivity contribution < 1.29 is 9.90 Å². The van der Waals surface area contributed by atoms with Gasteiger partial charge in [-0.3, -0.25) is 4.79 Å². The van der Waals surface area contributed by atoms with E-state index in [-0.39, 0.29) is 0 Å². The zero-order valence-corrected chi connectivity index (χ0v) is 9.12. The molecule has 0 heterocycles. The van der Waals surface area contributed by atoms with Gasteiger partial charge in [-0.2, -0.15) is 0 Å². The molecular weight excluding hydrogens is 176 g/mol. The van der Waals surface area contributed by atoms with Gasteiger partial charge in [0.25, 0.3) is 0 Å². The summed E-state index contributed by atoms with van der Waals surface area (Å²) < 4.78 is 0. The standard InChI is InChI=1S/C12H20O2/c1-12(2)9-4-3-8(7-9)10(12)5-6-11(13)14/h8-10H,3-7H2,1-2H3,(H,13,14)/t8-,9+,10?/m1/s1. The molecule has 0 aliphatic heterocycles. The largest absolute Gasteiger partial charge is 0.481 e. The lowest BCUT2D eigenvalue weighted by molar-refractivity contribution is -0.137. The zero-order chi connectivity index (χ0) is 10.3. The van der Waals surface area contributed by atoms with Crippen LogP contribution in [0.4, 0.5) is 0 Å². The monoisotopic (exact) mass is 196 g/mol. The second-order valence-electron chi connectivity index (χ2n) is 5.63. The molecule has 2 aliphatic rings. The van der Waals surface area contributed by atoms with Gasteiger partial charge in [0.05, 0.1) is 0 Å². The molecular formula is C12H20O2. The van der Waals surface area contributed by atoms with E-state index >= 15 is 0 Å². The lowest BCUT2D eigenvalue weighted by Crippen LogP contribution is -2.31. The Labute approximate surface area is 85.7 Å². The first kappa shape index (κ1) is 10.0. The van der Waals surface area contributed by atoms with Crippen LogP contribution in [0.1, 0.15) is 46.0 Å². The van der Waals surface area contributed by atoms with Crippen molar-refractivity contribution in [3.63, 3.8) is 0 Å². The molecule has 2 rings (SSSR count). The molecule has 0 aromatic carbocycles. The van der Waals surface area contributed by atoms with E-state index in [1.54, 1.807) is 0 Å². The van der Waals surface area contributed by atoms with Gasteiger partial charge in [0.15, 0.2) is 0 Å². The van der Waals surface area contributed by atoms with Gasteiger partial charge in [-0.15, -0.1) is 0 Å². The van der Waals surface area contributed by atoms with Gasteiger partial charge in [-0.1, -0.05) is 13.8 Å². The Balaban J connectivity index is 2.01. The van der Waals surface area contributed by atoms with Crippen LogP contribution in [0.2, 0.25) is 0 Å². The quantitative estimate of drug-likeness (QED) is 0.753. The van der Waals surface area contributed by atoms with Crippen LogP contribution in [0.15, 0.2) is 0 Å². The highest BCUT2D eigenvalue weighted by atomic mass is 16.4. The van der Waals surface area contributed by atoms with Gasteiger partial charge in [0.2, 0.25) is 0 Å². The Kier molecular flexibility index (Phi) is 2.32. The normalized spacial score (nSPS) is 38.9. The van der Waals surface area contributed by atoms with E-state index in [0.29, 0.717) is 17.8 Å². The minimum atomic E-state index is -0.636. The minimum Gasteiger partial charge on any atom is -0.481 e. The maximum Gasteiger partial charge on any atom is 0.303 e. The Bertz CT molecular complexity index is 245. The lowest BCUT2D eigenvalue weighted by Gasteiger charge is -2.38. The summed E-state index contributed by atoms with van der Waals surface area (Å²) in [5, 5.41) is 8.71. The molecule has 0 saturated heterocycles. The molecule has 1 unspecified atom stereocenters. The van der Waals surface area contributed by atoms with E-state index in [1.807, 2.05) is 0 Å². The highest BCUT2D eigenvalue weighted by molar-refractivity contribution is 5.66. The molecule has 0 spiro atoms. The Hall–Kier alpha value is -0.530. The van der Waals surface area contributed by atoms with E-state index in [1.165, 1.54) is 19.3 Å². The highest BCUT2D eigenvalue weighted by Crippen LogP contribution is 2.60. The molecule has 2 fully saturated rings. The third kappa shape index (κ3) is 1.45. The van der Waals surface area contributed by atoms with Crippen LogP contribution in [0.5, 0.6) is 0 Å². The first-order chi connectivity index (χ1) is 6.51. The Morgan fingerprint density at radius 2 is 2.14 bits per heavy atom. The molecule has 3 atom stereocenters. The number of hydrogen-bond acceptors (Lipinski definition) is 1. The van der Waals surface area contributed by atoms with Crippen molar-refractivity contribution in [1.29, 1.82) is 0 Å². The predicted octanol–water partition coefficient (Wildman–Crippen LogP) is 2.92. The molecule has 2 aliphatic carbocycles. The Morgan fingerprint density at radius 3 is 2.64 bits per heavy atom. The number of carboxylic acid groups (broad SMARTS) is 1. The van der Waals surface area contributed by atoms with E-state index in [2.05, 4.69) is 13.8 Å².